The van der Waals surface area contributed by atoms with Gasteiger partial charge in [0.15, 0.2) is 0 Å². The van der Waals surface area contributed by atoms with Gasteiger partial charge in [0.1, 0.15) is 17.7 Å². The number of carbonyl (C=O) groups is 3. The quantitative estimate of drug-likeness (QED) is 0.106. The van der Waals surface area contributed by atoms with Crippen molar-refractivity contribution >= 4 is 17.5 Å². The average molecular weight is 639 g/mol. The van der Waals surface area contributed by atoms with Crippen LogP contribution in [0.5, 0.6) is 0 Å². The molecule has 258 valence electrons. The third-order valence-corrected chi connectivity index (χ3v) is 13.4. The maximum Gasteiger partial charge on any atom is 0.306 e. The minimum atomic E-state index is -0.644. The molecule has 5 rings (SSSR count). The van der Waals surface area contributed by atoms with Crippen molar-refractivity contribution in [1.29, 1.82) is 0 Å². The zero-order valence-electron chi connectivity index (χ0n) is 29.0. The van der Waals surface area contributed by atoms with Gasteiger partial charge in [-0.05, 0) is 81.0 Å². The first-order valence-corrected chi connectivity index (χ1v) is 19.0. The number of fused-ring (bicyclic) bond motifs is 5. The Bertz CT molecular complexity index is 1140. The first-order chi connectivity index (χ1) is 22.1. The molecule has 0 bridgehead atoms. The number of aliphatic hydroxyl groups excluding tert-OH is 2. The number of unbranched alkanes of at least 4 members (excludes halogenated alkanes) is 6. The molecule has 0 aliphatic heterocycles. The van der Waals surface area contributed by atoms with Gasteiger partial charge < -0.3 is 14.9 Å². The Kier molecular flexibility index (Phi) is 12.1. The summed E-state index contributed by atoms with van der Waals surface area (Å²) in [6.07, 6.45) is 23.0. The Hall–Kier alpha value is -1.79. The molecule has 4 saturated carbocycles. The predicted molar refractivity (Wildman–Crippen MR) is 181 cm³/mol. The van der Waals surface area contributed by atoms with Gasteiger partial charge in [0.05, 0.1) is 12.2 Å². The largest absolute Gasteiger partial charge is 0.462 e. The van der Waals surface area contributed by atoms with Gasteiger partial charge in [-0.3, -0.25) is 14.4 Å². The lowest BCUT2D eigenvalue weighted by Crippen LogP contribution is -2.51. The van der Waals surface area contributed by atoms with Crippen LogP contribution in [0.2, 0.25) is 0 Å². The highest BCUT2D eigenvalue weighted by molar-refractivity contribution is 5.84. The summed E-state index contributed by atoms with van der Waals surface area (Å²) in [6, 6.07) is 0. The molecule has 0 amide bonds. The minimum Gasteiger partial charge on any atom is -0.462 e. The molecule has 0 aromatic carbocycles. The number of allylic oxidation sites excluding steroid dienone is 2. The number of carbonyl (C=O) groups excluding carboxylic acids is 3. The molecule has 0 radical (unpaired) electrons. The summed E-state index contributed by atoms with van der Waals surface area (Å²) in [5.74, 6) is 2.04. The van der Waals surface area contributed by atoms with E-state index in [0.29, 0.717) is 36.4 Å². The highest BCUT2D eigenvalue weighted by Gasteiger charge is 2.59. The molecule has 0 heterocycles. The number of Topliss-reactive ketones (excluding diaryl/α,β-unsaturated/α-hetero) is 2. The number of aliphatic hydroxyl groups is 2. The molecule has 10 atom stereocenters. The van der Waals surface area contributed by atoms with Crippen LogP contribution in [-0.2, 0) is 19.1 Å². The maximum atomic E-state index is 13.0. The zero-order valence-corrected chi connectivity index (χ0v) is 29.0. The fourth-order valence-corrected chi connectivity index (χ4v) is 10.6. The normalized spacial score (nSPS) is 37.9. The summed E-state index contributed by atoms with van der Waals surface area (Å²) in [5.41, 5.74) is 1.65. The lowest BCUT2D eigenvalue weighted by molar-refractivity contribution is -0.159. The predicted octanol–water partition coefficient (Wildman–Crippen LogP) is 8.22. The van der Waals surface area contributed by atoms with Crippen LogP contribution >= 0.6 is 0 Å². The van der Waals surface area contributed by atoms with Crippen LogP contribution in [-0.4, -0.2) is 46.1 Å². The molecular weight excluding hydrogens is 576 g/mol. The fourth-order valence-electron chi connectivity index (χ4n) is 10.6. The van der Waals surface area contributed by atoms with Crippen molar-refractivity contribution < 1.29 is 29.3 Å². The van der Waals surface area contributed by atoms with Crippen molar-refractivity contribution in [1.82, 2.24) is 0 Å². The van der Waals surface area contributed by atoms with E-state index >= 15 is 0 Å². The summed E-state index contributed by atoms with van der Waals surface area (Å²) in [5, 5.41) is 20.7. The van der Waals surface area contributed by atoms with Gasteiger partial charge in [-0.1, -0.05) is 89.5 Å². The molecule has 5 aliphatic carbocycles. The summed E-state index contributed by atoms with van der Waals surface area (Å²) in [4.78, 5) is 37.7. The zero-order chi connectivity index (χ0) is 32.9. The maximum absolute atomic E-state index is 13.0. The molecule has 0 aromatic rings. The van der Waals surface area contributed by atoms with Gasteiger partial charge in [0.25, 0.3) is 0 Å². The van der Waals surface area contributed by atoms with Crippen LogP contribution in [0.15, 0.2) is 23.8 Å². The van der Waals surface area contributed by atoms with E-state index in [1.165, 1.54) is 12.0 Å². The molecule has 0 aromatic heterocycles. The molecular formula is C40H62O6. The fraction of sp³-hybridized carbons (Fsp3) is 0.825. The first kappa shape index (κ1) is 35.5. The first-order valence-electron chi connectivity index (χ1n) is 19.0. The second-order valence-electron chi connectivity index (χ2n) is 16.3. The Labute approximate surface area is 278 Å². The van der Waals surface area contributed by atoms with Gasteiger partial charge in [0.2, 0.25) is 0 Å². The average Bonchev–Trinajstić information content (AvgIpc) is 3.49. The second-order valence-corrected chi connectivity index (χ2v) is 16.3. The van der Waals surface area contributed by atoms with Gasteiger partial charge in [-0.25, -0.2) is 0 Å². The summed E-state index contributed by atoms with van der Waals surface area (Å²) in [7, 11) is 0. The van der Waals surface area contributed by atoms with Gasteiger partial charge in [0, 0.05) is 42.9 Å². The summed E-state index contributed by atoms with van der Waals surface area (Å²) < 4.78 is 6.22. The van der Waals surface area contributed by atoms with Crippen LogP contribution in [0, 0.1) is 40.4 Å². The van der Waals surface area contributed by atoms with Gasteiger partial charge in [-0.2, -0.15) is 0 Å². The Morgan fingerprint density at radius 2 is 1.80 bits per heavy atom. The molecule has 6 nitrogen and oxygen atoms in total. The van der Waals surface area contributed by atoms with E-state index < -0.39 is 12.2 Å². The number of rotatable bonds is 15. The smallest absolute Gasteiger partial charge is 0.306 e. The van der Waals surface area contributed by atoms with E-state index in [9.17, 15) is 24.6 Å². The number of esters is 1. The SMILES string of the molecule is CCCCCC(O)C=CC1C(O)CC(=O)[C@@H]1CCCCCCCC(=O)OC1CCC2C3CC=C4CC(=O)CCC4(C)C3CCC12C. The topological polar surface area (TPSA) is 101 Å². The van der Waals surface area contributed by atoms with E-state index in [-0.39, 0.29) is 46.9 Å². The standard InChI is InChI=1S/C40H62O6/c1-4-5-9-12-28(41)16-18-31-30(35(43)26-36(31)44)13-10-7-6-8-11-14-38(45)46-37-20-19-33-32-17-15-27-25-29(42)21-23-39(27,2)34(32)22-24-40(33,37)3/h15-16,18,28,30-34,36-37,41,44H,4-14,17,19-26H2,1-3H3/t28?,30-,31?,32?,33?,34?,36?,37?,39?,40?/m1/s1. The lowest BCUT2D eigenvalue weighted by atomic mass is 9.48. The second kappa shape index (κ2) is 15.6. The highest BCUT2D eigenvalue weighted by Crippen LogP contribution is 2.65. The van der Waals surface area contributed by atoms with E-state index in [1.54, 1.807) is 6.08 Å². The molecule has 46 heavy (non-hydrogen) atoms. The molecule has 6 heteroatoms. The number of ether oxygens (including phenoxy) is 1. The van der Waals surface area contributed by atoms with E-state index in [2.05, 4.69) is 26.8 Å². The Morgan fingerprint density at radius 1 is 1.02 bits per heavy atom. The number of hydrogen-bond donors (Lipinski definition) is 2. The monoisotopic (exact) mass is 638 g/mol. The highest BCUT2D eigenvalue weighted by atomic mass is 16.5. The Balaban J connectivity index is 0.999. The molecule has 4 fully saturated rings. The van der Waals surface area contributed by atoms with Gasteiger partial charge >= 0.3 is 5.97 Å². The van der Waals surface area contributed by atoms with E-state index in [4.69, 9.17) is 4.74 Å². The van der Waals surface area contributed by atoms with Gasteiger partial charge in [-0.15, -0.1) is 0 Å². The van der Waals surface area contributed by atoms with Crippen molar-refractivity contribution in [2.45, 2.75) is 167 Å². The van der Waals surface area contributed by atoms with Crippen LogP contribution in [0.4, 0.5) is 0 Å². The van der Waals surface area contributed by atoms with Crippen molar-refractivity contribution in [3.05, 3.63) is 23.8 Å². The molecule has 0 spiro atoms. The molecule has 2 N–H and O–H groups in total. The van der Waals surface area contributed by atoms with Crippen molar-refractivity contribution in [3.63, 3.8) is 0 Å². The number of hydrogen-bond acceptors (Lipinski definition) is 6. The summed E-state index contributed by atoms with van der Waals surface area (Å²) in [6.45, 7) is 6.95. The Morgan fingerprint density at radius 3 is 2.61 bits per heavy atom. The number of ketones is 2. The van der Waals surface area contributed by atoms with Crippen LogP contribution in [0.3, 0.4) is 0 Å². The van der Waals surface area contributed by atoms with Crippen LogP contribution < -0.4 is 0 Å². The minimum absolute atomic E-state index is 0.0239. The third-order valence-electron chi connectivity index (χ3n) is 13.4. The molecule has 5 aliphatic rings. The molecule has 9 unspecified atom stereocenters. The lowest BCUT2D eigenvalue weighted by Gasteiger charge is -2.57. The van der Waals surface area contributed by atoms with E-state index in [0.717, 1.165) is 103 Å². The van der Waals surface area contributed by atoms with E-state index in [1.807, 2.05) is 6.08 Å². The van der Waals surface area contributed by atoms with Crippen LogP contribution in [0.1, 0.15) is 149 Å². The molecule has 0 saturated heterocycles. The summed E-state index contributed by atoms with van der Waals surface area (Å²) >= 11 is 0. The van der Waals surface area contributed by atoms with Crippen LogP contribution in [0.25, 0.3) is 0 Å². The van der Waals surface area contributed by atoms with Crippen molar-refractivity contribution in [2.24, 2.45) is 40.4 Å². The third kappa shape index (κ3) is 7.74. The van der Waals surface area contributed by atoms with Crippen molar-refractivity contribution in [3.8, 4) is 0 Å². The van der Waals surface area contributed by atoms with Crippen molar-refractivity contribution in [2.75, 3.05) is 0 Å².